The fourth-order valence-electron chi connectivity index (χ4n) is 3.20. The molecule has 3 aromatic heterocycles. The molecular formula is C20H13N3. The maximum Gasteiger partial charge on any atom is 0.147 e. The third kappa shape index (κ3) is 1.77. The molecule has 0 spiro atoms. The Kier molecular flexibility index (Phi) is 2.50. The van der Waals surface area contributed by atoms with Crippen molar-refractivity contribution in [2.45, 2.75) is 0 Å². The number of aromatic nitrogens is 3. The van der Waals surface area contributed by atoms with Crippen molar-refractivity contribution >= 4 is 32.8 Å². The predicted octanol–water partition coefficient (Wildman–Crippen LogP) is 4.73. The molecule has 2 aromatic carbocycles. The smallest absolute Gasteiger partial charge is 0.147 e. The Bertz CT molecular complexity index is 1160. The summed E-state index contributed by atoms with van der Waals surface area (Å²) in [4.78, 5) is 9.44. The van der Waals surface area contributed by atoms with Crippen LogP contribution in [0.5, 0.6) is 0 Å². The molecule has 23 heavy (non-hydrogen) atoms. The zero-order chi connectivity index (χ0) is 15.2. The van der Waals surface area contributed by atoms with Crippen LogP contribution in [-0.4, -0.2) is 14.5 Å². The molecule has 0 saturated carbocycles. The van der Waals surface area contributed by atoms with E-state index in [-0.39, 0.29) is 0 Å². The van der Waals surface area contributed by atoms with E-state index in [1.165, 1.54) is 5.39 Å². The van der Waals surface area contributed by atoms with E-state index in [1.54, 1.807) is 0 Å². The van der Waals surface area contributed by atoms with Gasteiger partial charge in [-0.3, -0.25) is 4.57 Å². The van der Waals surface area contributed by atoms with E-state index in [2.05, 4.69) is 52.0 Å². The molecule has 3 nitrogen and oxygen atoms in total. The Morgan fingerprint density at radius 1 is 0.739 bits per heavy atom. The molecule has 0 aliphatic carbocycles. The Labute approximate surface area is 132 Å². The summed E-state index contributed by atoms with van der Waals surface area (Å²) in [5.74, 6) is 0.890. The Balaban J connectivity index is 2.03. The Morgan fingerprint density at radius 3 is 2.48 bits per heavy atom. The van der Waals surface area contributed by atoms with Gasteiger partial charge in [0, 0.05) is 22.4 Å². The van der Waals surface area contributed by atoms with Crippen molar-refractivity contribution in [3.63, 3.8) is 0 Å². The van der Waals surface area contributed by atoms with Crippen LogP contribution in [0.2, 0.25) is 0 Å². The zero-order valence-electron chi connectivity index (χ0n) is 12.3. The molecule has 3 heteroatoms. The number of hydrogen-bond acceptors (Lipinski definition) is 2. The fraction of sp³-hybridized carbons (Fsp3) is 0. The van der Waals surface area contributed by atoms with E-state index in [0.29, 0.717) is 0 Å². The molecule has 0 aliphatic rings. The summed E-state index contributed by atoms with van der Waals surface area (Å²) in [5, 5.41) is 3.51. The summed E-state index contributed by atoms with van der Waals surface area (Å²) in [5.41, 5.74) is 3.08. The molecule has 0 amide bonds. The predicted molar refractivity (Wildman–Crippen MR) is 93.9 cm³/mol. The lowest BCUT2D eigenvalue weighted by Gasteiger charge is -2.05. The minimum atomic E-state index is 0.890. The Hall–Kier alpha value is -3.20. The first-order valence-electron chi connectivity index (χ1n) is 7.62. The molecule has 0 fully saturated rings. The van der Waals surface area contributed by atoms with Crippen molar-refractivity contribution in [2.24, 2.45) is 0 Å². The van der Waals surface area contributed by atoms with Crippen LogP contribution in [0.4, 0.5) is 0 Å². The van der Waals surface area contributed by atoms with Crippen molar-refractivity contribution in [1.29, 1.82) is 0 Å². The lowest BCUT2D eigenvalue weighted by atomic mass is 10.1. The first-order chi connectivity index (χ1) is 11.4. The van der Waals surface area contributed by atoms with E-state index >= 15 is 0 Å². The molecule has 5 aromatic rings. The average Bonchev–Trinajstić information content (AvgIpc) is 2.94. The monoisotopic (exact) mass is 295 g/mol. The first kappa shape index (κ1) is 12.4. The van der Waals surface area contributed by atoms with Gasteiger partial charge in [-0.05, 0) is 30.3 Å². The lowest BCUT2D eigenvalue weighted by Crippen LogP contribution is -1.97. The van der Waals surface area contributed by atoms with Crippen LogP contribution in [0.1, 0.15) is 0 Å². The van der Waals surface area contributed by atoms with Crippen molar-refractivity contribution in [3.8, 4) is 5.82 Å². The van der Waals surface area contributed by atoms with Gasteiger partial charge in [0.05, 0.1) is 11.0 Å². The number of rotatable bonds is 1. The molecule has 3 heterocycles. The maximum absolute atomic E-state index is 4.91. The van der Waals surface area contributed by atoms with Crippen molar-refractivity contribution in [3.05, 3.63) is 79.0 Å². The minimum absolute atomic E-state index is 0.890. The summed E-state index contributed by atoms with van der Waals surface area (Å²) in [6, 6.07) is 24.8. The third-order valence-corrected chi connectivity index (χ3v) is 4.23. The van der Waals surface area contributed by atoms with Crippen LogP contribution in [0.3, 0.4) is 0 Å². The van der Waals surface area contributed by atoms with Crippen LogP contribution < -0.4 is 0 Å². The van der Waals surface area contributed by atoms with Gasteiger partial charge in [0.15, 0.2) is 0 Å². The highest BCUT2D eigenvalue weighted by atomic mass is 15.1. The molecule has 0 aliphatic heterocycles. The molecule has 0 bridgehead atoms. The molecular weight excluding hydrogens is 282 g/mol. The number of hydrogen-bond donors (Lipinski definition) is 0. The first-order valence-corrected chi connectivity index (χ1v) is 7.62. The standard InChI is InChI=1S/C20H13N3/c1-3-9-17-14(7-1)13-16-15-8-2-4-10-18(15)23(20(16)22-17)19-11-5-6-12-21-19/h1-13H. The molecule has 108 valence electrons. The summed E-state index contributed by atoms with van der Waals surface area (Å²) in [6.07, 6.45) is 1.82. The number of fused-ring (bicyclic) bond motifs is 4. The van der Waals surface area contributed by atoms with E-state index in [9.17, 15) is 0 Å². The van der Waals surface area contributed by atoms with E-state index < -0.39 is 0 Å². The maximum atomic E-state index is 4.91. The minimum Gasteiger partial charge on any atom is -0.278 e. The van der Waals surface area contributed by atoms with Crippen LogP contribution in [0, 0.1) is 0 Å². The van der Waals surface area contributed by atoms with Gasteiger partial charge in [-0.1, -0.05) is 42.5 Å². The lowest BCUT2D eigenvalue weighted by molar-refractivity contribution is 1.06. The highest BCUT2D eigenvalue weighted by Crippen LogP contribution is 2.32. The topological polar surface area (TPSA) is 30.7 Å². The Morgan fingerprint density at radius 2 is 1.57 bits per heavy atom. The van der Waals surface area contributed by atoms with Crippen molar-refractivity contribution in [2.75, 3.05) is 0 Å². The molecule has 0 atom stereocenters. The van der Waals surface area contributed by atoms with Crippen molar-refractivity contribution < 1.29 is 0 Å². The van der Waals surface area contributed by atoms with Gasteiger partial charge in [0.25, 0.3) is 0 Å². The van der Waals surface area contributed by atoms with Crippen LogP contribution in [0.25, 0.3) is 38.7 Å². The van der Waals surface area contributed by atoms with E-state index in [1.807, 2.05) is 36.5 Å². The number of benzene rings is 2. The molecule has 0 N–H and O–H groups in total. The second kappa shape index (κ2) is 4.65. The molecule has 0 saturated heterocycles. The third-order valence-electron chi connectivity index (χ3n) is 4.23. The second-order valence-electron chi connectivity index (χ2n) is 5.59. The van der Waals surface area contributed by atoms with Gasteiger partial charge in [-0.25, -0.2) is 9.97 Å². The average molecular weight is 295 g/mol. The van der Waals surface area contributed by atoms with Gasteiger partial charge in [0.2, 0.25) is 0 Å². The highest BCUT2D eigenvalue weighted by molar-refractivity contribution is 6.10. The second-order valence-corrected chi connectivity index (χ2v) is 5.59. The normalized spacial score (nSPS) is 11.5. The summed E-state index contributed by atoms with van der Waals surface area (Å²) in [7, 11) is 0. The number of nitrogens with zero attached hydrogens (tertiary/aromatic N) is 3. The van der Waals surface area contributed by atoms with Gasteiger partial charge in [-0.2, -0.15) is 0 Å². The van der Waals surface area contributed by atoms with Gasteiger partial charge in [-0.15, -0.1) is 0 Å². The highest BCUT2D eigenvalue weighted by Gasteiger charge is 2.14. The SMILES string of the molecule is c1ccc(-n2c3ccccc3c3cc4ccccc4nc32)nc1. The van der Waals surface area contributed by atoms with E-state index in [4.69, 9.17) is 4.98 Å². The summed E-state index contributed by atoms with van der Waals surface area (Å²) >= 11 is 0. The van der Waals surface area contributed by atoms with E-state index in [0.717, 1.165) is 33.3 Å². The number of para-hydroxylation sites is 2. The molecule has 0 unspecified atom stereocenters. The summed E-state index contributed by atoms with van der Waals surface area (Å²) in [6.45, 7) is 0. The van der Waals surface area contributed by atoms with Crippen LogP contribution in [-0.2, 0) is 0 Å². The molecule has 5 rings (SSSR count). The van der Waals surface area contributed by atoms with Crippen LogP contribution in [0.15, 0.2) is 79.0 Å². The van der Waals surface area contributed by atoms with Gasteiger partial charge < -0.3 is 0 Å². The largest absolute Gasteiger partial charge is 0.278 e. The van der Waals surface area contributed by atoms with Crippen LogP contribution >= 0.6 is 0 Å². The fourth-order valence-corrected chi connectivity index (χ4v) is 3.20. The summed E-state index contributed by atoms with van der Waals surface area (Å²) < 4.78 is 2.14. The van der Waals surface area contributed by atoms with Gasteiger partial charge >= 0.3 is 0 Å². The zero-order valence-corrected chi connectivity index (χ0v) is 12.3. The quantitative estimate of drug-likeness (QED) is 0.448. The number of pyridine rings is 2. The molecule has 0 radical (unpaired) electrons. The van der Waals surface area contributed by atoms with Crippen molar-refractivity contribution in [1.82, 2.24) is 14.5 Å². The van der Waals surface area contributed by atoms with Gasteiger partial charge in [0.1, 0.15) is 11.5 Å².